The van der Waals surface area contributed by atoms with E-state index in [0.717, 1.165) is 16.0 Å². The van der Waals surface area contributed by atoms with Crippen molar-refractivity contribution in [3.8, 4) is 0 Å². The molecule has 148 valence electrons. The van der Waals surface area contributed by atoms with E-state index in [1.807, 2.05) is 19.9 Å². The van der Waals surface area contributed by atoms with Crippen LogP contribution < -0.4 is 10.2 Å². The molecule has 0 unspecified atom stereocenters. The molecule has 2 atom stereocenters. The minimum atomic E-state index is -0.938. The number of halogens is 1. The van der Waals surface area contributed by atoms with Crippen molar-refractivity contribution in [2.45, 2.75) is 25.9 Å². The predicted molar refractivity (Wildman–Crippen MR) is 108 cm³/mol. The van der Waals surface area contributed by atoms with Gasteiger partial charge in [-0.1, -0.05) is 22.9 Å². The van der Waals surface area contributed by atoms with E-state index in [0.29, 0.717) is 16.4 Å². The van der Waals surface area contributed by atoms with Gasteiger partial charge in [-0.2, -0.15) is 5.11 Å². The van der Waals surface area contributed by atoms with Crippen molar-refractivity contribution >= 4 is 40.7 Å². The first-order valence-electron chi connectivity index (χ1n) is 9.03. The van der Waals surface area contributed by atoms with Gasteiger partial charge in [0.25, 0.3) is 11.8 Å². The Labute approximate surface area is 172 Å². The van der Waals surface area contributed by atoms with Gasteiger partial charge >= 0.3 is 0 Å². The predicted octanol–water partition coefficient (Wildman–Crippen LogP) is 2.89. The first kappa shape index (κ1) is 19.1. The SMILES string of the molecule is Cc1ccc(N2C(=O)[C@@H]3N=NN(CC(=O)Nc4ccc(Cl)cc4)[C@H]3C2=O)cc1C. The summed E-state index contributed by atoms with van der Waals surface area (Å²) in [5, 5.41) is 12.3. The molecular formula is C20H18ClN5O3. The van der Waals surface area contributed by atoms with E-state index in [1.54, 1.807) is 36.4 Å². The van der Waals surface area contributed by atoms with Crippen LogP contribution in [0.5, 0.6) is 0 Å². The number of amides is 3. The average molecular weight is 412 g/mol. The summed E-state index contributed by atoms with van der Waals surface area (Å²) >= 11 is 5.84. The Morgan fingerprint density at radius 1 is 1.07 bits per heavy atom. The van der Waals surface area contributed by atoms with Crippen molar-refractivity contribution in [3.05, 3.63) is 58.6 Å². The van der Waals surface area contributed by atoms with Gasteiger partial charge in [0.2, 0.25) is 5.91 Å². The number of benzene rings is 2. The Morgan fingerprint density at radius 2 is 1.79 bits per heavy atom. The zero-order chi connectivity index (χ0) is 20.7. The van der Waals surface area contributed by atoms with E-state index in [4.69, 9.17) is 11.6 Å². The van der Waals surface area contributed by atoms with Gasteiger partial charge in [-0.25, -0.2) is 4.90 Å². The molecule has 0 saturated carbocycles. The number of nitrogens with zero attached hydrogens (tertiary/aromatic N) is 4. The minimum absolute atomic E-state index is 0.201. The maximum Gasteiger partial charge on any atom is 0.263 e. The smallest absolute Gasteiger partial charge is 0.263 e. The van der Waals surface area contributed by atoms with E-state index >= 15 is 0 Å². The summed E-state index contributed by atoms with van der Waals surface area (Å²) in [6.45, 7) is 3.67. The van der Waals surface area contributed by atoms with Crippen LogP contribution in [0.25, 0.3) is 0 Å². The Bertz CT molecular complexity index is 1040. The molecule has 2 aromatic carbocycles. The molecule has 1 fully saturated rings. The fourth-order valence-corrected chi connectivity index (χ4v) is 3.48. The van der Waals surface area contributed by atoms with E-state index in [-0.39, 0.29) is 12.5 Å². The third-order valence-electron chi connectivity index (χ3n) is 5.04. The quantitative estimate of drug-likeness (QED) is 0.782. The van der Waals surface area contributed by atoms with Gasteiger partial charge in [-0.05, 0) is 61.4 Å². The number of aryl methyl sites for hydroxylation is 2. The molecule has 0 aromatic heterocycles. The number of rotatable bonds is 4. The summed E-state index contributed by atoms with van der Waals surface area (Å²) in [5.41, 5.74) is 3.10. The van der Waals surface area contributed by atoms with Crippen LogP contribution in [-0.4, -0.2) is 41.4 Å². The summed E-state index contributed by atoms with van der Waals surface area (Å²) in [4.78, 5) is 39.2. The highest BCUT2D eigenvalue weighted by atomic mass is 35.5. The number of hydrogen-bond acceptors (Lipinski definition) is 6. The van der Waals surface area contributed by atoms with Crippen molar-refractivity contribution in [1.29, 1.82) is 0 Å². The molecule has 3 amide bonds. The molecule has 0 spiro atoms. The summed E-state index contributed by atoms with van der Waals surface area (Å²) in [7, 11) is 0. The van der Waals surface area contributed by atoms with Crippen LogP contribution in [0, 0.1) is 13.8 Å². The number of anilines is 2. The molecule has 29 heavy (non-hydrogen) atoms. The lowest BCUT2D eigenvalue weighted by Gasteiger charge is -2.20. The monoisotopic (exact) mass is 411 g/mol. The lowest BCUT2D eigenvalue weighted by Crippen LogP contribution is -2.43. The van der Waals surface area contributed by atoms with Crippen molar-refractivity contribution in [2.75, 3.05) is 16.8 Å². The van der Waals surface area contributed by atoms with Crippen LogP contribution in [0.3, 0.4) is 0 Å². The first-order chi connectivity index (χ1) is 13.8. The molecule has 0 aliphatic carbocycles. The molecule has 0 radical (unpaired) electrons. The number of carbonyl (C=O) groups excluding carboxylic acids is 3. The molecule has 2 heterocycles. The Balaban J connectivity index is 1.49. The second kappa shape index (κ2) is 7.29. The Hall–Kier alpha value is -3.26. The summed E-state index contributed by atoms with van der Waals surface area (Å²) in [5.74, 6) is -1.25. The van der Waals surface area contributed by atoms with Crippen molar-refractivity contribution in [3.63, 3.8) is 0 Å². The summed E-state index contributed by atoms with van der Waals surface area (Å²) in [6, 6.07) is 10.2. The molecule has 1 saturated heterocycles. The zero-order valence-electron chi connectivity index (χ0n) is 15.8. The van der Waals surface area contributed by atoms with Gasteiger partial charge in [0.1, 0.15) is 6.54 Å². The van der Waals surface area contributed by atoms with Gasteiger partial charge in [0.15, 0.2) is 12.1 Å². The number of nitrogens with one attached hydrogen (secondary N) is 1. The molecule has 2 aliphatic heterocycles. The Kier molecular flexibility index (Phi) is 4.79. The van der Waals surface area contributed by atoms with Crippen LogP contribution in [0.4, 0.5) is 11.4 Å². The van der Waals surface area contributed by atoms with E-state index in [9.17, 15) is 14.4 Å². The number of fused-ring (bicyclic) bond motifs is 1. The van der Waals surface area contributed by atoms with Gasteiger partial charge in [0, 0.05) is 10.7 Å². The Morgan fingerprint density at radius 3 is 2.48 bits per heavy atom. The van der Waals surface area contributed by atoms with E-state index in [1.165, 1.54) is 5.01 Å². The first-order valence-corrected chi connectivity index (χ1v) is 9.41. The molecule has 9 heteroatoms. The maximum atomic E-state index is 13.0. The van der Waals surface area contributed by atoms with Crippen molar-refractivity contribution in [2.24, 2.45) is 10.3 Å². The topological polar surface area (TPSA) is 94.4 Å². The average Bonchev–Trinajstić information content (AvgIpc) is 3.20. The maximum absolute atomic E-state index is 13.0. The highest BCUT2D eigenvalue weighted by Crippen LogP contribution is 2.32. The second-order valence-electron chi connectivity index (χ2n) is 7.03. The van der Waals surface area contributed by atoms with E-state index < -0.39 is 23.9 Å². The standard InChI is InChI=1S/C20H18ClN5O3/c1-11-3-8-15(9-12(11)2)26-19(28)17-18(20(26)29)25(24-23-17)10-16(27)22-14-6-4-13(21)5-7-14/h3-9,17-18H,10H2,1-2H3,(H,22,27)/t17-,18-/m1/s1. The molecule has 1 N–H and O–H groups in total. The van der Waals surface area contributed by atoms with E-state index in [2.05, 4.69) is 15.7 Å². The third kappa shape index (κ3) is 3.47. The summed E-state index contributed by atoms with van der Waals surface area (Å²) in [6.07, 6.45) is 0. The van der Waals surface area contributed by atoms with Gasteiger partial charge in [-0.3, -0.25) is 19.4 Å². The molecular weight excluding hydrogens is 394 g/mol. The largest absolute Gasteiger partial charge is 0.324 e. The normalized spacial score (nSPS) is 20.4. The van der Waals surface area contributed by atoms with Crippen LogP contribution >= 0.6 is 11.6 Å². The molecule has 2 aliphatic rings. The fraction of sp³-hybridized carbons (Fsp3) is 0.250. The molecule has 8 nitrogen and oxygen atoms in total. The van der Waals surface area contributed by atoms with Gasteiger partial charge in [0.05, 0.1) is 5.69 Å². The minimum Gasteiger partial charge on any atom is -0.324 e. The van der Waals surface area contributed by atoms with Crippen molar-refractivity contribution < 1.29 is 14.4 Å². The molecule has 0 bridgehead atoms. The summed E-state index contributed by atoms with van der Waals surface area (Å²) < 4.78 is 0. The van der Waals surface area contributed by atoms with Crippen LogP contribution in [0.2, 0.25) is 5.02 Å². The lowest BCUT2D eigenvalue weighted by molar-refractivity contribution is -0.123. The highest BCUT2D eigenvalue weighted by molar-refractivity contribution is 6.30. The van der Waals surface area contributed by atoms with Gasteiger partial charge < -0.3 is 5.32 Å². The number of hydrogen-bond donors (Lipinski definition) is 1. The second-order valence-corrected chi connectivity index (χ2v) is 7.46. The van der Waals surface area contributed by atoms with Crippen molar-refractivity contribution in [1.82, 2.24) is 5.01 Å². The van der Waals surface area contributed by atoms with Crippen LogP contribution in [0.15, 0.2) is 52.8 Å². The van der Waals surface area contributed by atoms with Crippen LogP contribution in [-0.2, 0) is 14.4 Å². The third-order valence-corrected chi connectivity index (χ3v) is 5.29. The van der Waals surface area contributed by atoms with Gasteiger partial charge in [-0.15, -0.1) is 0 Å². The highest BCUT2D eigenvalue weighted by Gasteiger charge is 2.55. The number of imide groups is 1. The molecule has 2 aromatic rings. The molecule has 4 rings (SSSR count). The zero-order valence-corrected chi connectivity index (χ0v) is 16.6. The van der Waals surface area contributed by atoms with Crippen LogP contribution in [0.1, 0.15) is 11.1 Å². The number of carbonyl (C=O) groups is 3. The lowest BCUT2D eigenvalue weighted by atomic mass is 10.1. The fourth-order valence-electron chi connectivity index (χ4n) is 3.35.